The van der Waals surface area contributed by atoms with Crippen LogP contribution in [0.4, 0.5) is 4.39 Å². The molecular formula is C12H14FN. The van der Waals surface area contributed by atoms with Crippen LogP contribution in [-0.2, 0) is 0 Å². The first kappa shape index (κ1) is 10.7. The van der Waals surface area contributed by atoms with Crippen LogP contribution in [0.1, 0.15) is 25.5 Å². The summed E-state index contributed by atoms with van der Waals surface area (Å²) in [6, 6.07) is 6.59. The zero-order valence-corrected chi connectivity index (χ0v) is 8.42. The van der Waals surface area contributed by atoms with E-state index in [-0.39, 0.29) is 17.9 Å². The molecule has 1 rings (SSSR count). The molecule has 0 aromatic heterocycles. The number of hydrogen-bond acceptors (Lipinski definition) is 1. The van der Waals surface area contributed by atoms with Crippen LogP contribution >= 0.6 is 0 Å². The highest BCUT2D eigenvalue weighted by molar-refractivity contribution is 5.19. The molecule has 0 aliphatic heterocycles. The highest BCUT2D eigenvalue weighted by atomic mass is 19.1. The van der Waals surface area contributed by atoms with Gasteiger partial charge < -0.3 is 0 Å². The number of benzene rings is 1. The third-order valence-corrected chi connectivity index (χ3v) is 2.12. The highest BCUT2D eigenvalue weighted by Gasteiger charge is 2.06. The van der Waals surface area contributed by atoms with Crippen LogP contribution in [-0.4, -0.2) is 6.04 Å². The largest absolute Gasteiger partial charge is 0.297 e. The van der Waals surface area contributed by atoms with E-state index in [4.69, 9.17) is 6.42 Å². The Balaban J connectivity index is 2.66. The molecular weight excluding hydrogens is 177 g/mol. The SMILES string of the molecule is C#CC(C)N[C@H](C)c1ccc(F)cc1. The topological polar surface area (TPSA) is 12.0 Å². The Morgan fingerprint density at radius 1 is 1.29 bits per heavy atom. The molecule has 1 aromatic carbocycles. The highest BCUT2D eigenvalue weighted by Crippen LogP contribution is 2.13. The summed E-state index contributed by atoms with van der Waals surface area (Å²) >= 11 is 0. The summed E-state index contributed by atoms with van der Waals surface area (Å²) in [7, 11) is 0. The summed E-state index contributed by atoms with van der Waals surface area (Å²) < 4.78 is 12.6. The molecule has 0 amide bonds. The van der Waals surface area contributed by atoms with Crippen LogP contribution < -0.4 is 5.32 Å². The lowest BCUT2D eigenvalue weighted by Gasteiger charge is -2.16. The molecule has 1 unspecified atom stereocenters. The first-order valence-corrected chi connectivity index (χ1v) is 4.61. The zero-order chi connectivity index (χ0) is 10.6. The van der Waals surface area contributed by atoms with Crippen LogP contribution in [0.3, 0.4) is 0 Å². The van der Waals surface area contributed by atoms with E-state index in [9.17, 15) is 4.39 Å². The van der Waals surface area contributed by atoms with Gasteiger partial charge in [0, 0.05) is 6.04 Å². The summed E-state index contributed by atoms with van der Waals surface area (Å²) in [6.07, 6.45) is 5.25. The summed E-state index contributed by atoms with van der Waals surface area (Å²) in [4.78, 5) is 0. The Hall–Kier alpha value is -1.33. The second-order valence-corrected chi connectivity index (χ2v) is 3.33. The molecule has 2 atom stereocenters. The van der Waals surface area contributed by atoms with Gasteiger partial charge in [-0.15, -0.1) is 6.42 Å². The van der Waals surface area contributed by atoms with Gasteiger partial charge in [0.15, 0.2) is 0 Å². The smallest absolute Gasteiger partial charge is 0.123 e. The van der Waals surface area contributed by atoms with E-state index in [1.807, 2.05) is 13.8 Å². The minimum absolute atomic E-state index is 0.0232. The van der Waals surface area contributed by atoms with Gasteiger partial charge in [-0.1, -0.05) is 18.1 Å². The van der Waals surface area contributed by atoms with Crippen molar-refractivity contribution in [1.82, 2.24) is 5.32 Å². The van der Waals surface area contributed by atoms with Crippen molar-refractivity contribution in [2.75, 3.05) is 0 Å². The predicted octanol–water partition coefficient (Wildman–Crippen LogP) is 2.50. The molecule has 0 aliphatic carbocycles. The van der Waals surface area contributed by atoms with Crippen molar-refractivity contribution in [2.45, 2.75) is 25.9 Å². The number of hydrogen-bond donors (Lipinski definition) is 1. The average molecular weight is 191 g/mol. The van der Waals surface area contributed by atoms with E-state index < -0.39 is 0 Å². The summed E-state index contributed by atoms with van der Waals surface area (Å²) in [5.41, 5.74) is 1.04. The predicted molar refractivity (Wildman–Crippen MR) is 56.2 cm³/mol. The zero-order valence-electron chi connectivity index (χ0n) is 8.42. The summed E-state index contributed by atoms with van der Waals surface area (Å²) in [6.45, 7) is 3.92. The maximum Gasteiger partial charge on any atom is 0.123 e. The first-order chi connectivity index (χ1) is 6.63. The monoisotopic (exact) mass is 191 g/mol. The second kappa shape index (κ2) is 4.78. The minimum Gasteiger partial charge on any atom is -0.297 e. The molecule has 14 heavy (non-hydrogen) atoms. The second-order valence-electron chi connectivity index (χ2n) is 3.33. The lowest BCUT2D eigenvalue weighted by molar-refractivity contribution is 0.544. The van der Waals surface area contributed by atoms with Crippen LogP contribution in [0, 0.1) is 18.2 Å². The van der Waals surface area contributed by atoms with E-state index in [2.05, 4.69) is 11.2 Å². The molecule has 0 bridgehead atoms. The molecule has 0 saturated carbocycles. The van der Waals surface area contributed by atoms with Gasteiger partial charge in [0.05, 0.1) is 6.04 Å². The normalized spacial score (nSPS) is 14.4. The van der Waals surface area contributed by atoms with Gasteiger partial charge in [-0.2, -0.15) is 0 Å². The van der Waals surface area contributed by atoms with Gasteiger partial charge in [0.2, 0.25) is 0 Å². The van der Waals surface area contributed by atoms with Crippen molar-refractivity contribution in [1.29, 1.82) is 0 Å². The Morgan fingerprint density at radius 3 is 2.36 bits per heavy atom. The van der Waals surface area contributed by atoms with Crippen molar-refractivity contribution in [2.24, 2.45) is 0 Å². The number of rotatable bonds is 3. The van der Waals surface area contributed by atoms with Crippen LogP contribution in [0.2, 0.25) is 0 Å². The van der Waals surface area contributed by atoms with E-state index in [1.54, 1.807) is 12.1 Å². The number of nitrogens with one attached hydrogen (secondary N) is 1. The molecule has 0 aliphatic rings. The molecule has 0 fully saturated rings. The fraction of sp³-hybridized carbons (Fsp3) is 0.333. The standard InChI is InChI=1S/C12H14FN/c1-4-9(2)14-10(3)11-5-7-12(13)8-6-11/h1,5-10,14H,2-3H3/t9?,10-/m1/s1. The lowest BCUT2D eigenvalue weighted by atomic mass is 10.1. The Morgan fingerprint density at radius 2 is 1.86 bits per heavy atom. The van der Waals surface area contributed by atoms with Crippen LogP contribution in [0.5, 0.6) is 0 Å². The molecule has 0 saturated heterocycles. The van der Waals surface area contributed by atoms with Gasteiger partial charge >= 0.3 is 0 Å². The first-order valence-electron chi connectivity index (χ1n) is 4.61. The van der Waals surface area contributed by atoms with Gasteiger partial charge in [0.1, 0.15) is 5.82 Å². The van der Waals surface area contributed by atoms with Crippen molar-refractivity contribution >= 4 is 0 Å². The van der Waals surface area contributed by atoms with Crippen molar-refractivity contribution in [3.63, 3.8) is 0 Å². The van der Waals surface area contributed by atoms with Crippen LogP contribution in [0.15, 0.2) is 24.3 Å². The summed E-state index contributed by atoms with van der Waals surface area (Å²) in [5, 5.41) is 3.21. The van der Waals surface area contributed by atoms with E-state index in [0.717, 1.165) is 5.56 Å². The van der Waals surface area contributed by atoms with Gasteiger partial charge in [-0.3, -0.25) is 5.32 Å². The Kier molecular flexibility index (Phi) is 3.67. The third kappa shape index (κ3) is 2.86. The number of terminal acetylenes is 1. The molecule has 0 heterocycles. The van der Waals surface area contributed by atoms with Gasteiger partial charge in [0.25, 0.3) is 0 Å². The molecule has 74 valence electrons. The minimum atomic E-state index is -0.217. The Bertz CT molecular complexity index is 323. The molecule has 1 nitrogen and oxygen atoms in total. The van der Waals surface area contributed by atoms with E-state index in [1.165, 1.54) is 12.1 Å². The average Bonchev–Trinajstić information content (AvgIpc) is 2.18. The van der Waals surface area contributed by atoms with Crippen LogP contribution in [0.25, 0.3) is 0 Å². The van der Waals surface area contributed by atoms with Gasteiger partial charge in [-0.25, -0.2) is 4.39 Å². The fourth-order valence-electron chi connectivity index (χ4n) is 1.27. The maximum atomic E-state index is 12.6. The number of halogens is 1. The molecule has 2 heteroatoms. The molecule has 1 aromatic rings. The van der Waals surface area contributed by atoms with E-state index >= 15 is 0 Å². The molecule has 0 radical (unpaired) electrons. The quantitative estimate of drug-likeness (QED) is 0.724. The van der Waals surface area contributed by atoms with Gasteiger partial charge in [-0.05, 0) is 31.5 Å². The van der Waals surface area contributed by atoms with E-state index in [0.29, 0.717) is 0 Å². The fourth-order valence-corrected chi connectivity index (χ4v) is 1.27. The third-order valence-electron chi connectivity index (χ3n) is 2.12. The van der Waals surface area contributed by atoms with Crippen molar-refractivity contribution in [3.8, 4) is 12.3 Å². The molecule has 1 N–H and O–H groups in total. The van der Waals surface area contributed by atoms with Crippen molar-refractivity contribution in [3.05, 3.63) is 35.6 Å². The maximum absolute atomic E-state index is 12.6. The Labute approximate surface area is 84.3 Å². The summed E-state index contributed by atoms with van der Waals surface area (Å²) in [5.74, 6) is 2.38. The van der Waals surface area contributed by atoms with Crippen molar-refractivity contribution < 1.29 is 4.39 Å². The molecule has 0 spiro atoms. The lowest BCUT2D eigenvalue weighted by Crippen LogP contribution is -2.27.